The molecule has 0 amide bonds. The largest absolute Gasteiger partial charge is 0.362 e. The van der Waals surface area contributed by atoms with Crippen molar-refractivity contribution in [2.45, 2.75) is 20.8 Å². The Morgan fingerprint density at radius 2 is 2.04 bits per heavy atom. The SMILES string of the molecule is CCNC(=S)N/N=C\c1cc(C)n(-c2cc(Cl)ccc2Cl)c1C. The van der Waals surface area contributed by atoms with Crippen molar-refractivity contribution in [2.75, 3.05) is 6.54 Å². The number of hydrogen-bond acceptors (Lipinski definition) is 2. The van der Waals surface area contributed by atoms with E-state index in [0.717, 1.165) is 29.2 Å². The molecule has 2 aromatic rings. The van der Waals surface area contributed by atoms with Crippen LogP contribution in [0.15, 0.2) is 29.4 Å². The van der Waals surface area contributed by atoms with Crippen LogP contribution < -0.4 is 10.7 Å². The lowest BCUT2D eigenvalue weighted by molar-refractivity contribution is 0.903. The summed E-state index contributed by atoms with van der Waals surface area (Å²) in [5.41, 5.74) is 6.67. The third kappa shape index (κ3) is 4.25. The van der Waals surface area contributed by atoms with Crippen molar-refractivity contribution in [2.24, 2.45) is 5.10 Å². The van der Waals surface area contributed by atoms with Gasteiger partial charge in [0.15, 0.2) is 5.11 Å². The number of halogens is 2. The minimum atomic E-state index is 0.496. The van der Waals surface area contributed by atoms with Gasteiger partial charge in [-0.15, -0.1) is 0 Å². The topological polar surface area (TPSA) is 41.4 Å². The first kappa shape index (κ1) is 17.8. The summed E-state index contributed by atoms with van der Waals surface area (Å²) in [4.78, 5) is 0. The van der Waals surface area contributed by atoms with Crippen molar-refractivity contribution in [3.05, 3.63) is 51.3 Å². The first-order chi connectivity index (χ1) is 10.9. The number of hydrogen-bond donors (Lipinski definition) is 2. The number of thiocarbonyl (C=S) groups is 1. The highest BCUT2D eigenvalue weighted by Crippen LogP contribution is 2.28. The first-order valence-corrected chi connectivity index (χ1v) is 8.31. The molecular formula is C16H18Cl2N4S. The van der Waals surface area contributed by atoms with Gasteiger partial charge in [-0.1, -0.05) is 23.2 Å². The molecule has 0 aliphatic rings. The average molecular weight is 369 g/mol. The summed E-state index contributed by atoms with van der Waals surface area (Å²) in [5, 5.41) is 8.91. The summed E-state index contributed by atoms with van der Waals surface area (Å²) in [6.45, 7) is 6.75. The number of hydrazone groups is 1. The molecule has 1 heterocycles. The zero-order chi connectivity index (χ0) is 17.0. The first-order valence-electron chi connectivity index (χ1n) is 7.15. The summed E-state index contributed by atoms with van der Waals surface area (Å²) in [6.07, 6.45) is 1.74. The Balaban J connectivity index is 2.31. The Hall–Kier alpha value is -1.56. The second-order valence-electron chi connectivity index (χ2n) is 4.99. The van der Waals surface area contributed by atoms with E-state index in [0.29, 0.717) is 15.2 Å². The molecule has 2 rings (SSSR count). The molecule has 0 unspecified atom stereocenters. The van der Waals surface area contributed by atoms with Crippen LogP contribution in [-0.2, 0) is 0 Å². The predicted molar refractivity (Wildman–Crippen MR) is 102 cm³/mol. The lowest BCUT2D eigenvalue weighted by Gasteiger charge is -2.12. The number of rotatable bonds is 4. The standard InChI is InChI=1S/C16H18Cl2N4S/c1-4-19-16(23)21-20-9-12-7-10(2)22(11(12)3)15-8-13(17)5-6-14(15)18/h5-9H,4H2,1-3H3,(H2,19,21,23)/b20-9-. The van der Waals surface area contributed by atoms with Gasteiger partial charge in [0.25, 0.3) is 0 Å². The zero-order valence-corrected chi connectivity index (χ0v) is 15.5. The molecule has 0 radical (unpaired) electrons. The van der Waals surface area contributed by atoms with Gasteiger partial charge in [0.1, 0.15) is 0 Å². The second kappa shape index (κ2) is 7.81. The van der Waals surface area contributed by atoms with E-state index in [-0.39, 0.29) is 0 Å². The molecule has 1 aromatic carbocycles. The van der Waals surface area contributed by atoms with E-state index in [2.05, 4.69) is 20.4 Å². The highest BCUT2D eigenvalue weighted by atomic mass is 35.5. The molecule has 7 heteroatoms. The normalized spacial score (nSPS) is 11.0. The van der Waals surface area contributed by atoms with Gasteiger partial charge in [-0.2, -0.15) is 5.10 Å². The summed E-state index contributed by atoms with van der Waals surface area (Å²) in [7, 11) is 0. The van der Waals surface area contributed by atoms with Gasteiger partial charge in [0, 0.05) is 28.5 Å². The molecule has 2 N–H and O–H groups in total. The number of nitrogens with one attached hydrogen (secondary N) is 2. The van der Waals surface area contributed by atoms with Crippen LogP contribution in [-0.4, -0.2) is 22.4 Å². The molecule has 0 atom stereocenters. The quantitative estimate of drug-likeness (QED) is 0.482. The molecule has 0 spiro atoms. The highest BCUT2D eigenvalue weighted by Gasteiger charge is 2.12. The molecule has 122 valence electrons. The van der Waals surface area contributed by atoms with Crippen LogP contribution in [0.1, 0.15) is 23.9 Å². The van der Waals surface area contributed by atoms with Crippen LogP contribution in [0.25, 0.3) is 5.69 Å². The van der Waals surface area contributed by atoms with Gasteiger partial charge in [-0.3, -0.25) is 5.43 Å². The van der Waals surface area contributed by atoms with Gasteiger partial charge in [-0.05, 0) is 57.3 Å². The Bertz CT molecular complexity index is 753. The van der Waals surface area contributed by atoms with Gasteiger partial charge < -0.3 is 9.88 Å². The summed E-state index contributed by atoms with van der Waals surface area (Å²) in [5.74, 6) is 0. The fraction of sp³-hybridized carbons (Fsp3) is 0.250. The second-order valence-corrected chi connectivity index (χ2v) is 6.24. The smallest absolute Gasteiger partial charge is 0.186 e. The molecule has 1 aromatic heterocycles. The van der Waals surface area contributed by atoms with Crippen LogP contribution in [0.3, 0.4) is 0 Å². The molecule has 0 bridgehead atoms. The molecule has 0 saturated heterocycles. The van der Waals surface area contributed by atoms with Gasteiger partial charge >= 0.3 is 0 Å². The summed E-state index contributed by atoms with van der Waals surface area (Å²) in [6, 6.07) is 7.45. The fourth-order valence-corrected chi connectivity index (χ4v) is 2.87. The van der Waals surface area contributed by atoms with Crippen LogP contribution in [0.4, 0.5) is 0 Å². The van der Waals surface area contributed by atoms with Crippen LogP contribution in [0.5, 0.6) is 0 Å². The third-order valence-corrected chi connectivity index (χ3v) is 4.12. The average Bonchev–Trinajstić information content (AvgIpc) is 2.77. The number of nitrogens with zero attached hydrogens (tertiary/aromatic N) is 2. The lowest BCUT2D eigenvalue weighted by Crippen LogP contribution is -2.31. The molecule has 4 nitrogen and oxygen atoms in total. The summed E-state index contributed by atoms with van der Waals surface area (Å²) < 4.78 is 2.05. The lowest BCUT2D eigenvalue weighted by atomic mass is 10.2. The van der Waals surface area contributed by atoms with E-state index in [1.165, 1.54) is 0 Å². The van der Waals surface area contributed by atoms with Crippen molar-refractivity contribution in [3.63, 3.8) is 0 Å². The van der Waals surface area contributed by atoms with E-state index in [1.807, 2.05) is 32.9 Å². The van der Waals surface area contributed by atoms with E-state index >= 15 is 0 Å². The van der Waals surface area contributed by atoms with Crippen molar-refractivity contribution in [1.29, 1.82) is 0 Å². The maximum atomic E-state index is 6.31. The number of benzene rings is 1. The number of aryl methyl sites for hydroxylation is 1. The zero-order valence-electron chi connectivity index (χ0n) is 13.2. The Morgan fingerprint density at radius 3 is 2.74 bits per heavy atom. The Labute approximate surface area is 151 Å². The van der Waals surface area contributed by atoms with Gasteiger partial charge in [0.05, 0.1) is 16.9 Å². The minimum Gasteiger partial charge on any atom is -0.362 e. The van der Waals surface area contributed by atoms with E-state index < -0.39 is 0 Å². The third-order valence-electron chi connectivity index (χ3n) is 3.33. The molecule has 0 aliphatic heterocycles. The maximum Gasteiger partial charge on any atom is 0.186 e. The van der Waals surface area contributed by atoms with Crippen LogP contribution in [0, 0.1) is 13.8 Å². The molecule has 23 heavy (non-hydrogen) atoms. The monoisotopic (exact) mass is 368 g/mol. The predicted octanol–water partition coefficient (Wildman–Crippen LogP) is 4.22. The van der Waals surface area contributed by atoms with Crippen molar-refractivity contribution in [3.8, 4) is 5.69 Å². The maximum absolute atomic E-state index is 6.31. The van der Waals surface area contributed by atoms with Crippen LogP contribution >= 0.6 is 35.4 Å². The van der Waals surface area contributed by atoms with Gasteiger partial charge in [-0.25, -0.2) is 0 Å². The Kier molecular flexibility index (Phi) is 6.04. The van der Waals surface area contributed by atoms with E-state index in [4.69, 9.17) is 35.4 Å². The fourth-order valence-electron chi connectivity index (χ4n) is 2.31. The van der Waals surface area contributed by atoms with Crippen molar-refractivity contribution >= 4 is 46.7 Å². The molecule has 0 aliphatic carbocycles. The van der Waals surface area contributed by atoms with Crippen molar-refractivity contribution in [1.82, 2.24) is 15.3 Å². The number of aromatic nitrogens is 1. The minimum absolute atomic E-state index is 0.496. The van der Waals surface area contributed by atoms with Crippen molar-refractivity contribution < 1.29 is 0 Å². The Morgan fingerprint density at radius 1 is 1.30 bits per heavy atom. The summed E-state index contributed by atoms with van der Waals surface area (Å²) >= 11 is 17.5. The highest BCUT2D eigenvalue weighted by molar-refractivity contribution is 7.80. The van der Waals surface area contributed by atoms with E-state index in [1.54, 1.807) is 18.3 Å². The molecular weight excluding hydrogens is 351 g/mol. The molecule has 0 fully saturated rings. The van der Waals surface area contributed by atoms with E-state index in [9.17, 15) is 0 Å². The van der Waals surface area contributed by atoms with Gasteiger partial charge in [0.2, 0.25) is 0 Å². The van der Waals surface area contributed by atoms with Crippen LogP contribution in [0.2, 0.25) is 10.0 Å². The molecule has 0 saturated carbocycles.